The van der Waals surface area contributed by atoms with Gasteiger partial charge in [-0.25, -0.2) is 0 Å². The SMILES string of the molecule is C1=CC2Oc3c(cccc3N(c3ccc(-c4ccc5c(c4)c4ccccc4n5-c4ccc5ccccc5c4)cc3)c3ccc4ccccc4c3)C2C=C1. The van der Waals surface area contributed by atoms with E-state index in [2.05, 4.69) is 204 Å². The van der Waals surface area contributed by atoms with Crippen molar-refractivity contribution in [2.24, 2.45) is 0 Å². The van der Waals surface area contributed by atoms with Crippen LogP contribution >= 0.6 is 0 Å². The van der Waals surface area contributed by atoms with Crippen LogP contribution < -0.4 is 9.64 Å². The van der Waals surface area contributed by atoms with Gasteiger partial charge in [-0.2, -0.15) is 0 Å². The van der Waals surface area contributed by atoms with Crippen LogP contribution in [0.4, 0.5) is 17.1 Å². The average molecular weight is 679 g/mol. The quantitative estimate of drug-likeness (QED) is 0.180. The van der Waals surface area contributed by atoms with Crippen molar-refractivity contribution >= 4 is 60.4 Å². The Bertz CT molecular complexity index is 2950. The fourth-order valence-corrected chi connectivity index (χ4v) is 8.52. The number of nitrogens with zero attached hydrogens (tertiary/aromatic N) is 2. The van der Waals surface area contributed by atoms with E-state index in [1.807, 2.05) is 0 Å². The second-order valence-electron chi connectivity index (χ2n) is 14.1. The number of hydrogen-bond donors (Lipinski definition) is 0. The van der Waals surface area contributed by atoms with Crippen LogP contribution in [0.15, 0.2) is 194 Å². The Morgan fingerprint density at radius 3 is 2.00 bits per heavy atom. The van der Waals surface area contributed by atoms with Gasteiger partial charge in [0, 0.05) is 39.3 Å². The van der Waals surface area contributed by atoms with E-state index in [9.17, 15) is 0 Å². The lowest BCUT2D eigenvalue weighted by Crippen LogP contribution is -2.16. The first-order chi connectivity index (χ1) is 26.3. The smallest absolute Gasteiger partial charge is 0.148 e. The first-order valence-electron chi connectivity index (χ1n) is 18.3. The van der Waals surface area contributed by atoms with Crippen LogP contribution in [0.25, 0.3) is 60.2 Å². The van der Waals surface area contributed by atoms with Crippen LogP contribution in [0.5, 0.6) is 5.75 Å². The van der Waals surface area contributed by atoms with Crippen molar-refractivity contribution in [2.45, 2.75) is 12.0 Å². The molecule has 8 aromatic carbocycles. The second-order valence-corrected chi connectivity index (χ2v) is 14.1. The van der Waals surface area contributed by atoms with E-state index in [1.165, 1.54) is 65.7 Å². The highest BCUT2D eigenvalue weighted by Crippen LogP contribution is 2.50. The molecule has 3 heteroatoms. The summed E-state index contributed by atoms with van der Waals surface area (Å²) in [6.07, 6.45) is 8.65. The summed E-state index contributed by atoms with van der Waals surface area (Å²) in [4.78, 5) is 2.35. The molecular weight excluding hydrogens is 645 g/mol. The fourth-order valence-electron chi connectivity index (χ4n) is 8.52. The molecular formula is C50H34N2O. The molecule has 3 nitrogen and oxygen atoms in total. The molecule has 0 bridgehead atoms. The highest BCUT2D eigenvalue weighted by atomic mass is 16.5. The average Bonchev–Trinajstić information content (AvgIpc) is 3.77. The molecule has 0 saturated heterocycles. The summed E-state index contributed by atoms with van der Waals surface area (Å²) in [6.45, 7) is 0. The summed E-state index contributed by atoms with van der Waals surface area (Å²) >= 11 is 0. The van der Waals surface area contributed by atoms with E-state index in [1.54, 1.807) is 0 Å². The van der Waals surface area contributed by atoms with Crippen molar-refractivity contribution in [1.29, 1.82) is 0 Å². The Hall–Kier alpha value is -6.84. The molecule has 0 fully saturated rings. The molecule has 1 aliphatic heterocycles. The zero-order valence-electron chi connectivity index (χ0n) is 28.9. The highest BCUT2D eigenvalue weighted by Gasteiger charge is 2.35. The minimum Gasteiger partial charge on any atom is -0.483 e. The van der Waals surface area contributed by atoms with Crippen LogP contribution in [0.2, 0.25) is 0 Å². The maximum absolute atomic E-state index is 6.70. The number of fused-ring (bicyclic) bond motifs is 8. The van der Waals surface area contributed by atoms with E-state index in [0.29, 0.717) is 0 Å². The molecule has 2 aliphatic rings. The van der Waals surface area contributed by atoms with Gasteiger partial charge in [0.05, 0.1) is 16.7 Å². The molecule has 0 spiro atoms. The number of ether oxygens (including phenoxy) is 1. The van der Waals surface area contributed by atoms with Gasteiger partial charge in [-0.05, 0) is 99.4 Å². The number of benzene rings is 8. The summed E-state index contributed by atoms with van der Waals surface area (Å²) in [5, 5.41) is 7.41. The van der Waals surface area contributed by atoms with E-state index in [4.69, 9.17) is 4.74 Å². The maximum Gasteiger partial charge on any atom is 0.148 e. The van der Waals surface area contributed by atoms with E-state index < -0.39 is 0 Å². The number of allylic oxidation sites excluding steroid dienone is 2. The van der Waals surface area contributed by atoms with Crippen molar-refractivity contribution in [3.8, 4) is 22.6 Å². The summed E-state index contributed by atoms with van der Waals surface area (Å²) in [5.74, 6) is 1.17. The van der Waals surface area contributed by atoms with Gasteiger partial charge in [0.15, 0.2) is 0 Å². The molecule has 0 radical (unpaired) electrons. The molecule has 0 saturated carbocycles. The van der Waals surface area contributed by atoms with E-state index >= 15 is 0 Å². The van der Waals surface area contributed by atoms with Crippen LogP contribution in [0.3, 0.4) is 0 Å². The highest BCUT2D eigenvalue weighted by molar-refractivity contribution is 6.10. The lowest BCUT2D eigenvalue weighted by Gasteiger charge is -2.27. The Labute approximate surface area is 307 Å². The molecule has 11 rings (SSSR count). The van der Waals surface area contributed by atoms with Crippen LogP contribution in [0.1, 0.15) is 11.5 Å². The summed E-state index contributed by atoms with van der Waals surface area (Å²) < 4.78 is 9.09. The number of rotatable bonds is 5. The summed E-state index contributed by atoms with van der Waals surface area (Å²) in [5.41, 5.74) is 10.4. The molecule has 2 heterocycles. The third-order valence-electron chi connectivity index (χ3n) is 11.1. The molecule has 1 aromatic heterocycles. The van der Waals surface area contributed by atoms with Crippen molar-refractivity contribution in [3.05, 3.63) is 200 Å². The minimum absolute atomic E-state index is 0.0130. The van der Waals surface area contributed by atoms with E-state index in [0.717, 1.165) is 22.8 Å². The van der Waals surface area contributed by atoms with Crippen LogP contribution in [-0.2, 0) is 0 Å². The Balaban J connectivity index is 1.02. The van der Waals surface area contributed by atoms with Gasteiger partial charge in [0.2, 0.25) is 0 Å². The number of para-hydroxylation sites is 2. The normalized spacial score (nSPS) is 15.9. The van der Waals surface area contributed by atoms with Crippen molar-refractivity contribution < 1.29 is 4.74 Å². The van der Waals surface area contributed by atoms with Gasteiger partial charge in [-0.15, -0.1) is 0 Å². The molecule has 53 heavy (non-hydrogen) atoms. The standard InChI is InChI=1S/C50H34N2O/c1-3-12-36-30-40(27-22-33(36)10-1)51(48-18-9-16-44-43-15-6-8-19-49(43)53-50(44)48)39-25-20-35(21-26-39)38-24-29-47-45(32-38)42-14-5-7-17-46(42)52(47)41-28-23-34-11-2-4-13-37(34)31-41/h1-32,43,49H. The maximum atomic E-state index is 6.70. The predicted octanol–water partition coefficient (Wildman–Crippen LogP) is 13.2. The Morgan fingerprint density at radius 1 is 0.472 bits per heavy atom. The van der Waals surface area contributed by atoms with Gasteiger partial charge in [0.1, 0.15) is 11.9 Å². The molecule has 0 amide bonds. The summed E-state index contributed by atoms with van der Waals surface area (Å²) in [7, 11) is 0. The number of aromatic nitrogens is 1. The zero-order valence-corrected chi connectivity index (χ0v) is 28.9. The second kappa shape index (κ2) is 11.9. The number of hydrogen-bond acceptors (Lipinski definition) is 2. The van der Waals surface area contributed by atoms with Gasteiger partial charge in [0.25, 0.3) is 0 Å². The van der Waals surface area contributed by atoms with Crippen molar-refractivity contribution in [1.82, 2.24) is 4.57 Å². The van der Waals surface area contributed by atoms with Gasteiger partial charge >= 0.3 is 0 Å². The third-order valence-corrected chi connectivity index (χ3v) is 11.1. The monoisotopic (exact) mass is 678 g/mol. The minimum atomic E-state index is 0.0130. The topological polar surface area (TPSA) is 17.4 Å². The number of anilines is 3. The molecule has 9 aromatic rings. The first-order valence-corrected chi connectivity index (χ1v) is 18.3. The third kappa shape index (κ3) is 4.82. The van der Waals surface area contributed by atoms with Crippen molar-refractivity contribution in [3.63, 3.8) is 0 Å². The molecule has 250 valence electrons. The zero-order chi connectivity index (χ0) is 34.9. The van der Waals surface area contributed by atoms with Gasteiger partial charge in [-0.3, -0.25) is 0 Å². The van der Waals surface area contributed by atoms with Crippen LogP contribution in [0, 0.1) is 0 Å². The lowest BCUT2D eigenvalue weighted by atomic mass is 9.92. The van der Waals surface area contributed by atoms with Gasteiger partial charge in [-0.1, -0.05) is 127 Å². The van der Waals surface area contributed by atoms with Gasteiger partial charge < -0.3 is 14.2 Å². The first kappa shape index (κ1) is 29.8. The summed E-state index contributed by atoms with van der Waals surface area (Å²) in [6, 6.07) is 61.8. The van der Waals surface area contributed by atoms with E-state index in [-0.39, 0.29) is 12.0 Å². The molecule has 1 aliphatic carbocycles. The largest absolute Gasteiger partial charge is 0.483 e. The fraction of sp³-hybridized carbons (Fsp3) is 0.0400. The Kier molecular flexibility index (Phi) is 6.68. The van der Waals surface area contributed by atoms with Crippen LogP contribution in [-0.4, -0.2) is 10.7 Å². The molecule has 0 N–H and O–H groups in total. The Morgan fingerprint density at radius 2 is 1.15 bits per heavy atom. The molecule has 2 unspecified atom stereocenters. The lowest BCUT2D eigenvalue weighted by molar-refractivity contribution is 0.269. The molecule has 2 atom stereocenters. The van der Waals surface area contributed by atoms with Crippen molar-refractivity contribution in [2.75, 3.05) is 4.90 Å². The predicted molar refractivity (Wildman–Crippen MR) is 221 cm³/mol.